The molecule has 0 aliphatic carbocycles. The number of aromatic nitrogens is 1. The number of thiophene rings is 1. The van der Waals surface area contributed by atoms with Crippen molar-refractivity contribution < 1.29 is 19.1 Å². The number of rotatable bonds is 6. The quantitative estimate of drug-likeness (QED) is 0.755. The van der Waals surface area contributed by atoms with Gasteiger partial charge in [-0.3, -0.25) is 10.1 Å². The predicted octanol–water partition coefficient (Wildman–Crippen LogP) is 2.59. The van der Waals surface area contributed by atoms with E-state index in [0.717, 1.165) is 11.4 Å². The van der Waals surface area contributed by atoms with Gasteiger partial charge in [0.15, 0.2) is 6.10 Å². The van der Waals surface area contributed by atoms with Crippen molar-refractivity contribution in [3.8, 4) is 0 Å². The third-order valence-corrected chi connectivity index (χ3v) is 4.89. The first-order valence-electron chi connectivity index (χ1n) is 8.21. The van der Waals surface area contributed by atoms with Crippen LogP contribution in [0.1, 0.15) is 40.5 Å². The molecule has 0 spiro atoms. The van der Waals surface area contributed by atoms with Gasteiger partial charge in [-0.25, -0.2) is 9.59 Å². The summed E-state index contributed by atoms with van der Waals surface area (Å²) in [5.41, 5.74) is 7.06. The van der Waals surface area contributed by atoms with Crippen LogP contribution in [0.4, 0.5) is 4.79 Å². The molecule has 0 aliphatic heterocycles. The van der Waals surface area contributed by atoms with Crippen molar-refractivity contribution in [3.63, 3.8) is 0 Å². The van der Waals surface area contributed by atoms with Crippen LogP contribution in [0.3, 0.4) is 0 Å². The van der Waals surface area contributed by atoms with Crippen LogP contribution >= 0.6 is 11.3 Å². The molecule has 8 heteroatoms. The van der Waals surface area contributed by atoms with Gasteiger partial charge in [0, 0.05) is 16.3 Å². The number of urea groups is 1. The lowest BCUT2D eigenvalue weighted by atomic mass is 10.1. The third kappa shape index (κ3) is 4.51. The Morgan fingerprint density at radius 3 is 2.54 bits per heavy atom. The molecule has 0 aliphatic rings. The van der Waals surface area contributed by atoms with Crippen molar-refractivity contribution in [1.29, 1.82) is 0 Å². The Balaban J connectivity index is 2.20. The van der Waals surface area contributed by atoms with E-state index in [1.165, 1.54) is 4.88 Å². The highest BCUT2D eigenvalue weighted by atomic mass is 32.1. The predicted molar refractivity (Wildman–Crippen MR) is 99.1 cm³/mol. The van der Waals surface area contributed by atoms with Crippen LogP contribution in [0.2, 0.25) is 0 Å². The summed E-state index contributed by atoms with van der Waals surface area (Å²) in [6.45, 7) is 7.86. The molecule has 0 fully saturated rings. The van der Waals surface area contributed by atoms with Gasteiger partial charge in [-0.05, 0) is 37.3 Å². The second-order valence-electron chi connectivity index (χ2n) is 6.37. The Kier molecular flexibility index (Phi) is 6.20. The average molecular weight is 377 g/mol. The zero-order chi connectivity index (χ0) is 19.4. The molecular weight excluding hydrogens is 354 g/mol. The van der Waals surface area contributed by atoms with Crippen molar-refractivity contribution >= 4 is 29.2 Å². The Morgan fingerprint density at radius 1 is 1.31 bits per heavy atom. The molecule has 1 atom stereocenters. The maximum Gasteiger partial charge on any atom is 0.340 e. The summed E-state index contributed by atoms with van der Waals surface area (Å²) in [4.78, 5) is 36.7. The number of primary amides is 1. The molecule has 26 heavy (non-hydrogen) atoms. The van der Waals surface area contributed by atoms with Crippen LogP contribution in [-0.2, 0) is 16.1 Å². The normalized spacial score (nSPS) is 12.0. The van der Waals surface area contributed by atoms with Gasteiger partial charge >= 0.3 is 12.0 Å². The van der Waals surface area contributed by atoms with E-state index in [1.807, 2.05) is 41.2 Å². The van der Waals surface area contributed by atoms with Crippen LogP contribution in [0.5, 0.6) is 0 Å². The van der Waals surface area contributed by atoms with E-state index in [-0.39, 0.29) is 5.92 Å². The largest absolute Gasteiger partial charge is 0.448 e. The zero-order valence-electron chi connectivity index (χ0n) is 15.2. The summed E-state index contributed by atoms with van der Waals surface area (Å²) in [5, 5.41) is 3.96. The minimum Gasteiger partial charge on any atom is -0.448 e. The second kappa shape index (κ2) is 8.18. The minimum atomic E-state index is -1.10. The number of ether oxygens (including phenoxy) is 1. The zero-order valence-corrected chi connectivity index (χ0v) is 16.1. The van der Waals surface area contributed by atoms with Gasteiger partial charge in [0.25, 0.3) is 5.91 Å². The number of hydrogen-bond acceptors (Lipinski definition) is 5. The second-order valence-corrected chi connectivity index (χ2v) is 7.41. The highest BCUT2D eigenvalue weighted by Gasteiger charge is 2.29. The number of aryl methyl sites for hydroxylation is 1. The summed E-state index contributed by atoms with van der Waals surface area (Å²) in [6, 6.07) is 4.78. The number of nitrogens with one attached hydrogen (secondary N) is 1. The van der Waals surface area contributed by atoms with E-state index in [4.69, 9.17) is 10.5 Å². The molecule has 140 valence electrons. The van der Waals surface area contributed by atoms with E-state index in [1.54, 1.807) is 31.3 Å². The van der Waals surface area contributed by atoms with Crippen LogP contribution in [0.15, 0.2) is 23.6 Å². The molecule has 2 aromatic rings. The lowest BCUT2D eigenvalue weighted by Gasteiger charge is -2.19. The van der Waals surface area contributed by atoms with E-state index >= 15 is 0 Å². The molecule has 2 aromatic heterocycles. The Labute approximate surface area is 156 Å². The van der Waals surface area contributed by atoms with Gasteiger partial charge in [-0.1, -0.05) is 19.9 Å². The summed E-state index contributed by atoms with van der Waals surface area (Å²) in [5.74, 6) is -1.64. The van der Waals surface area contributed by atoms with E-state index in [9.17, 15) is 14.4 Å². The molecule has 3 N–H and O–H groups in total. The minimum absolute atomic E-state index is 0.312. The van der Waals surface area contributed by atoms with E-state index in [0.29, 0.717) is 12.1 Å². The first-order chi connectivity index (χ1) is 12.2. The van der Waals surface area contributed by atoms with Crippen LogP contribution < -0.4 is 11.1 Å². The number of carbonyl (C=O) groups excluding carboxylic acids is 3. The average Bonchev–Trinajstić information content (AvgIpc) is 3.15. The van der Waals surface area contributed by atoms with Crippen LogP contribution in [0, 0.1) is 19.8 Å². The Bertz CT molecular complexity index is 809. The van der Waals surface area contributed by atoms with Gasteiger partial charge < -0.3 is 15.0 Å². The molecule has 0 aromatic carbocycles. The summed E-state index contributed by atoms with van der Waals surface area (Å²) in [7, 11) is 0. The molecule has 0 saturated carbocycles. The smallest absolute Gasteiger partial charge is 0.340 e. The molecule has 0 bridgehead atoms. The monoisotopic (exact) mass is 377 g/mol. The standard InChI is InChI=1S/C18H23N3O4S/c1-10(2)15(16(22)20-18(19)24)25-17(23)14-8-11(3)21(12(14)4)9-13-6-5-7-26-13/h5-8,10,15H,9H2,1-4H3,(H3,19,20,22,24)/t15-/m0/s1. The summed E-state index contributed by atoms with van der Waals surface area (Å²) >= 11 is 1.64. The first kappa shape index (κ1) is 19.7. The highest BCUT2D eigenvalue weighted by Crippen LogP contribution is 2.21. The maximum atomic E-state index is 12.6. The molecule has 3 amide bonds. The van der Waals surface area contributed by atoms with Gasteiger partial charge in [0.1, 0.15) is 0 Å². The highest BCUT2D eigenvalue weighted by molar-refractivity contribution is 7.09. The van der Waals surface area contributed by atoms with Crippen LogP contribution in [0.25, 0.3) is 0 Å². The first-order valence-corrected chi connectivity index (χ1v) is 9.09. The lowest BCUT2D eigenvalue weighted by molar-refractivity contribution is -0.130. The maximum absolute atomic E-state index is 12.6. The number of carbonyl (C=O) groups is 3. The number of imide groups is 1. The number of nitrogens with zero attached hydrogens (tertiary/aromatic N) is 1. The number of nitrogens with two attached hydrogens (primary N) is 1. The Morgan fingerprint density at radius 2 is 2.00 bits per heavy atom. The number of hydrogen-bond donors (Lipinski definition) is 2. The van der Waals surface area contributed by atoms with Crippen molar-refractivity contribution in [2.24, 2.45) is 11.7 Å². The fraction of sp³-hybridized carbons (Fsp3) is 0.389. The molecule has 2 rings (SSSR count). The SMILES string of the molecule is Cc1cc(C(=O)O[C@H](C(=O)NC(N)=O)C(C)C)c(C)n1Cc1cccs1. The van der Waals surface area contributed by atoms with Crippen molar-refractivity contribution in [3.05, 3.63) is 45.4 Å². The van der Waals surface area contributed by atoms with Gasteiger partial charge in [-0.2, -0.15) is 0 Å². The number of amides is 3. The fourth-order valence-electron chi connectivity index (χ4n) is 2.67. The molecule has 0 radical (unpaired) electrons. The molecule has 2 heterocycles. The van der Waals surface area contributed by atoms with Crippen molar-refractivity contribution in [1.82, 2.24) is 9.88 Å². The van der Waals surface area contributed by atoms with E-state index in [2.05, 4.69) is 0 Å². The van der Waals surface area contributed by atoms with Gasteiger partial charge in [-0.15, -0.1) is 11.3 Å². The van der Waals surface area contributed by atoms with Crippen molar-refractivity contribution in [2.45, 2.75) is 40.3 Å². The molecular formula is C18H23N3O4S. The molecule has 0 saturated heterocycles. The lowest BCUT2D eigenvalue weighted by Crippen LogP contribution is -2.45. The fourth-order valence-corrected chi connectivity index (χ4v) is 3.37. The molecule has 0 unspecified atom stereocenters. The third-order valence-electron chi connectivity index (χ3n) is 4.03. The summed E-state index contributed by atoms with van der Waals surface area (Å²) < 4.78 is 7.40. The number of esters is 1. The Hall–Kier alpha value is -2.61. The van der Waals surface area contributed by atoms with Gasteiger partial charge in [0.2, 0.25) is 0 Å². The van der Waals surface area contributed by atoms with Crippen molar-refractivity contribution in [2.75, 3.05) is 0 Å². The topological polar surface area (TPSA) is 103 Å². The van der Waals surface area contributed by atoms with Gasteiger partial charge in [0.05, 0.1) is 12.1 Å². The molecule has 7 nitrogen and oxygen atoms in total. The summed E-state index contributed by atoms with van der Waals surface area (Å²) in [6.07, 6.45) is -1.10. The van der Waals surface area contributed by atoms with E-state index < -0.39 is 24.0 Å². The van der Waals surface area contributed by atoms with Crippen LogP contribution in [-0.4, -0.2) is 28.6 Å².